The van der Waals surface area contributed by atoms with Gasteiger partial charge in [0.15, 0.2) is 0 Å². The Morgan fingerprint density at radius 2 is 1.59 bits per heavy atom. The average molecular weight is 434 g/mol. The summed E-state index contributed by atoms with van der Waals surface area (Å²) >= 11 is 7.65. The summed E-state index contributed by atoms with van der Waals surface area (Å²) in [7, 11) is 0. The molecule has 0 aliphatic rings. The number of hydrogen-bond acceptors (Lipinski definition) is 4. The largest absolute Gasteiger partial charge is 0.353 e. The summed E-state index contributed by atoms with van der Waals surface area (Å²) in [5, 5.41) is 8.59. The summed E-state index contributed by atoms with van der Waals surface area (Å²) in [6.07, 6.45) is 2.42. The van der Waals surface area contributed by atoms with Crippen molar-refractivity contribution < 1.29 is 14.4 Å². The second kappa shape index (κ2) is 12.1. The topological polar surface area (TPSA) is 87.3 Å². The van der Waals surface area contributed by atoms with Crippen molar-refractivity contribution in [3.05, 3.63) is 70.7 Å². The van der Waals surface area contributed by atoms with Gasteiger partial charge in [0.05, 0.1) is 10.6 Å². The molecule has 0 aromatic heterocycles. The van der Waals surface area contributed by atoms with Crippen molar-refractivity contribution in [2.45, 2.75) is 12.5 Å². The van der Waals surface area contributed by atoms with E-state index in [1.165, 1.54) is 0 Å². The Morgan fingerprint density at radius 3 is 2.28 bits per heavy atom. The van der Waals surface area contributed by atoms with E-state index >= 15 is 0 Å². The highest BCUT2D eigenvalue weighted by Crippen LogP contribution is 2.15. The first-order chi connectivity index (χ1) is 14.0. The van der Waals surface area contributed by atoms with Gasteiger partial charge in [-0.15, -0.1) is 0 Å². The van der Waals surface area contributed by atoms with Crippen LogP contribution in [0.5, 0.6) is 0 Å². The van der Waals surface area contributed by atoms with E-state index in [1.54, 1.807) is 60.3 Å². The molecule has 0 saturated heterocycles. The van der Waals surface area contributed by atoms with Gasteiger partial charge in [-0.25, -0.2) is 0 Å². The number of benzene rings is 2. The molecule has 0 saturated carbocycles. The number of amides is 3. The van der Waals surface area contributed by atoms with Gasteiger partial charge in [0, 0.05) is 18.7 Å². The smallest absolute Gasteiger partial charge is 0.253 e. The van der Waals surface area contributed by atoms with Gasteiger partial charge in [-0.1, -0.05) is 41.9 Å². The van der Waals surface area contributed by atoms with E-state index in [-0.39, 0.29) is 24.9 Å². The number of carbonyl (C=O) groups excluding carboxylic acids is 3. The Bertz CT molecular complexity index is 833. The lowest BCUT2D eigenvalue weighted by Crippen LogP contribution is -2.48. The van der Waals surface area contributed by atoms with Gasteiger partial charge in [0.1, 0.15) is 6.04 Å². The molecule has 154 valence electrons. The van der Waals surface area contributed by atoms with E-state index < -0.39 is 11.9 Å². The van der Waals surface area contributed by atoms with Gasteiger partial charge in [-0.05, 0) is 42.7 Å². The van der Waals surface area contributed by atoms with Crippen LogP contribution in [0, 0.1) is 0 Å². The van der Waals surface area contributed by atoms with Crippen LogP contribution in [0.25, 0.3) is 0 Å². The Labute approximate surface area is 179 Å². The molecular weight excluding hydrogens is 410 g/mol. The van der Waals surface area contributed by atoms with Crippen molar-refractivity contribution in [1.82, 2.24) is 16.0 Å². The van der Waals surface area contributed by atoms with Crippen LogP contribution in [0.1, 0.15) is 27.1 Å². The van der Waals surface area contributed by atoms with Gasteiger partial charge >= 0.3 is 0 Å². The number of rotatable bonds is 10. The van der Waals surface area contributed by atoms with Crippen molar-refractivity contribution in [3.63, 3.8) is 0 Å². The predicted octanol–water partition coefficient (Wildman–Crippen LogP) is 2.74. The first-order valence-corrected chi connectivity index (χ1v) is 11.0. The van der Waals surface area contributed by atoms with Crippen LogP contribution in [-0.4, -0.2) is 48.9 Å². The van der Waals surface area contributed by atoms with Crippen LogP contribution in [0.2, 0.25) is 5.02 Å². The van der Waals surface area contributed by atoms with Crippen LogP contribution in [0.3, 0.4) is 0 Å². The lowest BCUT2D eigenvalue weighted by Gasteiger charge is -2.18. The fourth-order valence-electron chi connectivity index (χ4n) is 2.56. The fourth-order valence-corrected chi connectivity index (χ4v) is 3.26. The van der Waals surface area contributed by atoms with E-state index in [9.17, 15) is 14.4 Å². The minimum Gasteiger partial charge on any atom is -0.353 e. The average Bonchev–Trinajstić information content (AvgIpc) is 2.74. The second-order valence-corrected chi connectivity index (χ2v) is 7.59. The van der Waals surface area contributed by atoms with E-state index in [1.807, 2.05) is 12.3 Å². The number of hydrogen-bond donors (Lipinski definition) is 3. The van der Waals surface area contributed by atoms with Gasteiger partial charge in [-0.3, -0.25) is 14.4 Å². The van der Waals surface area contributed by atoms with Crippen LogP contribution < -0.4 is 16.0 Å². The van der Waals surface area contributed by atoms with Crippen LogP contribution >= 0.6 is 23.4 Å². The van der Waals surface area contributed by atoms with Crippen molar-refractivity contribution in [3.8, 4) is 0 Å². The van der Waals surface area contributed by atoms with Gasteiger partial charge < -0.3 is 16.0 Å². The molecule has 29 heavy (non-hydrogen) atoms. The highest BCUT2D eigenvalue weighted by molar-refractivity contribution is 7.98. The molecule has 0 bridgehead atoms. The van der Waals surface area contributed by atoms with Crippen molar-refractivity contribution in [2.24, 2.45) is 0 Å². The SMILES string of the molecule is CSCC[C@@H](NC(=O)c1ccccc1Cl)C(=O)NCCNC(=O)c1ccccc1. The maximum atomic E-state index is 12.5. The summed E-state index contributed by atoms with van der Waals surface area (Å²) in [5.74, 6) is -0.181. The molecule has 0 heterocycles. The molecule has 6 nitrogen and oxygen atoms in total. The van der Waals surface area contributed by atoms with E-state index in [4.69, 9.17) is 11.6 Å². The maximum Gasteiger partial charge on any atom is 0.253 e. The third-order valence-corrected chi connectivity index (χ3v) is 5.07. The molecular formula is C21H24ClN3O3S. The van der Waals surface area contributed by atoms with Crippen molar-refractivity contribution >= 4 is 41.1 Å². The van der Waals surface area contributed by atoms with Gasteiger partial charge in [0.25, 0.3) is 11.8 Å². The standard InChI is InChI=1S/C21H24ClN3O3S/c1-29-14-11-18(25-20(27)16-9-5-6-10-17(16)22)21(28)24-13-12-23-19(26)15-7-3-2-4-8-15/h2-10,18H,11-14H2,1H3,(H,23,26)(H,24,28)(H,25,27)/t18-/m1/s1. The molecule has 0 spiro atoms. The molecule has 2 aromatic rings. The summed E-state index contributed by atoms with van der Waals surface area (Å²) in [4.78, 5) is 37.0. The van der Waals surface area contributed by atoms with E-state index in [0.717, 1.165) is 0 Å². The Hall–Kier alpha value is -2.51. The molecule has 0 fully saturated rings. The number of carbonyl (C=O) groups is 3. The van der Waals surface area contributed by atoms with Crippen molar-refractivity contribution in [2.75, 3.05) is 25.1 Å². The number of thioether (sulfide) groups is 1. The van der Waals surface area contributed by atoms with E-state index in [0.29, 0.717) is 28.3 Å². The van der Waals surface area contributed by atoms with Gasteiger partial charge in [0.2, 0.25) is 5.91 Å². The molecule has 0 aliphatic carbocycles. The lowest BCUT2D eigenvalue weighted by atomic mass is 10.1. The zero-order valence-electron chi connectivity index (χ0n) is 16.1. The molecule has 8 heteroatoms. The molecule has 2 rings (SSSR count). The van der Waals surface area contributed by atoms with Crippen molar-refractivity contribution in [1.29, 1.82) is 0 Å². The third-order valence-electron chi connectivity index (χ3n) is 4.10. The normalized spacial score (nSPS) is 11.4. The molecule has 0 unspecified atom stereocenters. The van der Waals surface area contributed by atoms with Gasteiger partial charge in [-0.2, -0.15) is 11.8 Å². The predicted molar refractivity (Wildman–Crippen MR) is 117 cm³/mol. The third kappa shape index (κ3) is 7.44. The Balaban J connectivity index is 1.85. The highest BCUT2D eigenvalue weighted by atomic mass is 35.5. The molecule has 0 aliphatic heterocycles. The minimum atomic E-state index is -0.684. The first-order valence-electron chi connectivity index (χ1n) is 9.18. The zero-order chi connectivity index (χ0) is 21.1. The molecule has 2 aromatic carbocycles. The summed E-state index contributed by atoms with van der Waals surface area (Å²) in [6.45, 7) is 0.544. The molecule has 3 amide bonds. The molecule has 3 N–H and O–H groups in total. The summed E-state index contributed by atoms with van der Waals surface area (Å²) < 4.78 is 0. The van der Waals surface area contributed by atoms with Crippen LogP contribution in [-0.2, 0) is 4.79 Å². The number of nitrogens with one attached hydrogen (secondary N) is 3. The minimum absolute atomic E-state index is 0.203. The maximum absolute atomic E-state index is 12.5. The fraction of sp³-hybridized carbons (Fsp3) is 0.286. The Kier molecular flexibility index (Phi) is 9.53. The lowest BCUT2D eigenvalue weighted by molar-refractivity contribution is -0.122. The summed E-state index contributed by atoms with van der Waals surface area (Å²) in [5.41, 5.74) is 0.884. The van der Waals surface area contributed by atoms with Crippen LogP contribution in [0.15, 0.2) is 54.6 Å². The molecule has 0 radical (unpaired) electrons. The zero-order valence-corrected chi connectivity index (χ0v) is 17.7. The summed E-state index contributed by atoms with van der Waals surface area (Å²) in [6, 6.07) is 14.9. The quantitative estimate of drug-likeness (QED) is 0.503. The number of halogens is 1. The van der Waals surface area contributed by atoms with Crippen LogP contribution in [0.4, 0.5) is 0 Å². The highest BCUT2D eigenvalue weighted by Gasteiger charge is 2.21. The second-order valence-electron chi connectivity index (χ2n) is 6.20. The van der Waals surface area contributed by atoms with E-state index in [2.05, 4.69) is 16.0 Å². The Morgan fingerprint density at radius 1 is 0.931 bits per heavy atom. The monoisotopic (exact) mass is 433 g/mol. The molecule has 1 atom stereocenters. The first kappa shape index (κ1) is 22.8.